The minimum Gasteiger partial charge on any atom is -0.369 e. The maximum atomic E-state index is 4.32. The number of hydrogen-bond donors (Lipinski definition) is 1. The predicted octanol–water partition coefficient (Wildman–Crippen LogP) is 2.30. The SMILES string of the molecule is CN(CCCNc1ncnc2c1cnn2C)Cc1ccccc1. The zero-order valence-electron chi connectivity index (χ0n) is 13.6. The lowest BCUT2D eigenvalue weighted by atomic mass is 10.2. The van der Waals surface area contributed by atoms with Crippen LogP contribution in [0.5, 0.6) is 0 Å². The van der Waals surface area contributed by atoms with Crippen molar-refractivity contribution in [3.8, 4) is 0 Å². The second-order valence-electron chi connectivity index (χ2n) is 5.73. The zero-order chi connectivity index (χ0) is 16.1. The molecule has 1 N–H and O–H groups in total. The van der Waals surface area contributed by atoms with Crippen LogP contribution >= 0.6 is 0 Å². The summed E-state index contributed by atoms with van der Waals surface area (Å²) in [7, 11) is 4.04. The normalized spacial score (nSPS) is 11.3. The Bertz CT molecular complexity index is 752. The van der Waals surface area contributed by atoms with E-state index in [2.05, 4.69) is 56.6 Å². The lowest BCUT2D eigenvalue weighted by Gasteiger charge is -2.16. The van der Waals surface area contributed by atoms with E-state index in [4.69, 9.17) is 0 Å². The smallest absolute Gasteiger partial charge is 0.163 e. The zero-order valence-corrected chi connectivity index (χ0v) is 13.6. The van der Waals surface area contributed by atoms with Gasteiger partial charge in [0.05, 0.1) is 11.6 Å². The van der Waals surface area contributed by atoms with Gasteiger partial charge in [-0.1, -0.05) is 30.3 Å². The van der Waals surface area contributed by atoms with Crippen molar-refractivity contribution in [3.05, 3.63) is 48.4 Å². The van der Waals surface area contributed by atoms with Gasteiger partial charge in [-0.15, -0.1) is 0 Å². The fourth-order valence-corrected chi connectivity index (χ4v) is 2.63. The number of hydrogen-bond acceptors (Lipinski definition) is 5. The number of nitrogens with one attached hydrogen (secondary N) is 1. The molecule has 0 atom stereocenters. The number of fused-ring (bicyclic) bond motifs is 1. The van der Waals surface area contributed by atoms with Crippen molar-refractivity contribution in [1.82, 2.24) is 24.6 Å². The Labute approximate surface area is 136 Å². The first-order valence-corrected chi connectivity index (χ1v) is 7.83. The van der Waals surface area contributed by atoms with E-state index in [9.17, 15) is 0 Å². The van der Waals surface area contributed by atoms with Crippen molar-refractivity contribution >= 4 is 16.9 Å². The summed E-state index contributed by atoms with van der Waals surface area (Å²) in [6.45, 7) is 2.88. The molecule has 6 nitrogen and oxygen atoms in total. The molecule has 0 spiro atoms. The Hall–Kier alpha value is -2.47. The molecule has 3 rings (SSSR count). The van der Waals surface area contributed by atoms with Crippen molar-refractivity contribution < 1.29 is 0 Å². The van der Waals surface area contributed by atoms with Gasteiger partial charge in [-0.2, -0.15) is 5.10 Å². The number of benzene rings is 1. The van der Waals surface area contributed by atoms with Gasteiger partial charge in [0, 0.05) is 20.1 Å². The summed E-state index contributed by atoms with van der Waals surface area (Å²) >= 11 is 0. The monoisotopic (exact) mass is 310 g/mol. The third-order valence-corrected chi connectivity index (χ3v) is 3.83. The van der Waals surface area contributed by atoms with E-state index in [1.54, 1.807) is 17.2 Å². The maximum absolute atomic E-state index is 4.32. The summed E-state index contributed by atoms with van der Waals surface area (Å²) in [5.41, 5.74) is 2.19. The van der Waals surface area contributed by atoms with E-state index >= 15 is 0 Å². The summed E-state index contributed by atoms with van der Waals surface area (Å²) in [6, 6.07) is 10.5. The van der Waals surface area contributed by atoms with Crippen LogP contribution in [0.1, 0.15) is 12.0 Å². The van der Waals surface area contributed by atoms with Crippen molar-refractivity contribution in [2.24, 2.45) is 7.05 Å². The van der Waals surface area contributed by atoms with Gasteiger partial charge in [-0.05, 0) is 25.6 Å². The summed E-state index contributed by atoms with van der Waals surface area (Å²) in [6.07, 6.45) is 4.43. The molecule has 0 aliphatic carbocycles. The molecule has 2 heterocycles. The van der Waals surface area contributed by atoms with Crippen LogP contribution in [0.3, 0.4) is 0 Å². The minimum absolute atomic E-state index is 0.851. The highest BCUT2D eigenvalue weighted by atomic mass is 15.3. The molecule has 120 valence electrons. The second-order valence-corrected chi connectivity index (χ2v) is 5.73. The largest absolute Gasteiger partial charge is 0.369 e. The second kappa shape index (κ2) is 7.19. The van der Waals surface area contributed by atoms with Crippen LogP contribution < -0.4 is 5.32 Å². The molecular weight excluding hydrogens is 288 g/mol. The molecule has 0 aliphatic rings. The van der Waals surface area contributed by atoms with Gasteiger partial charge in [0.2, 0.25) is 0 Å². The molecule has 0 unspecified atom stereocenters. The van der Waals surface area contributed by atoms with E-state index in [-0.39, 0.29) is 0 Å². The van der Waals surface area contributed by atoms with Gasteiger partial charge in [0.25, 0.3) is 0 Å². The Morgan fingerprint density at radius 1 is 1.17 bits per heavy atom. The van der Waals surface area contributed by atoms with Gasteiger partial charge in [-0.3, -0.25) is 4.68 Å². The average molecular weight is 310 g/mol. The fraction of sp³-hybridized carbons (Fsp3) is 0.353. The highest BCUT2D eigenvalue weighted by Gasteiger charge is 2.07. The van der Waals surface area contributed by atoms with Crippen LogP contribution in [0.25, 0.3) is 11.0 Å². The Morgan fingerprint density at radius 3 is 2.83 bits per heavy atom. The third-order valence-electron chi connectivity index (χ3n) is 3.83. The van der Waals surface area contributed by atoms with Crippen LogP contribution in [0.4, 0.5) is 5.82 Å². The van der Waals surface area contributed by atoms with Gasteiger partial charge in [0.15, 0.2) is 5.65 Å². The van der Waals surface area contributed by atoms with Crippen LogP contribution in [-0.2, 0) is 13.6 Å². The molecule has 0 bridgehead atoms. The number of rotatable bonds is 7. The lowest BCUT2D eigenvalue weighted by Crippen LogP contribution is -2.21. The number of aromatic nitrogens is 4. The quantitative estimate of drug-likeness (QED) is 0.679. The Morgan fingerprint density at radius 2 is 2.00 bits per heavy atom. The summed E-state index contributed by atoms with van der Waals surface area (Å²) in [5.74, 6) is 0.855. The van der Waals surface area contributed by atoms with Crippen LogP contribution in [0, 0.1) is 0 Å². The molecule has 6 heteroatoms. The number of anilines is 1. The highest BCUT2D eigenvalue weighted by Crippen LogP contribution is 2.17. The molecular formula is C17H22N6. The van der Waals surface area contributed by atoms with E-state index in [0.717, 1.165) is 42.9 Å². The Kier molecular flexibility index (Phi) is 4.83. The fourth-order valence-electron chi connectivity index (χ4n) is 2.63. The first-order valence-electron chi connectivity index (χ1n) is 7.83. The molecule has 0 aliphatic heterocycles. The molecule has 0 radical (unpaired) electrons. The van der Waals surface area contributed by atoms with Gasteiger partial charge < -0.3 is 10.2 Å². The van der Waals surface area contributed by atoms with E-state index in [1.165, 1.54) is 5.56 Å². The van der Waals surface area contributed by atoms with Crippen LogP contribution in [0.15, 0.2) is 42.9 Å². The standard InChI is InChI=1S/C17H22N6/c1-22(12-14-7-4-3-5-8-14)10-6-9-18-16-15-11-21-23(2)17(15)20-13-19-16/h3-5,7-8,11,13H,6,9-10,12H2,1-2H3,(H,18,19,20). The maximum Gasteiger partial charge on any atom is 0.163 e. The van der Waals surface area contributed by atoms with Crippen molar-refractivity contribution in [3.63, 3.8) is 0 Å². The molecule has 0 saturated heterocycles. The molecule has 0 fully saturated rings. The first-order chi connectivity index (χ1) is 11.2. The molecule has 1 aromatic carbocycles. The number of aryl methyl sites for hydroxylation is 1. The molecule has 23 heavy (non-hydrogen) atoms. The highest BCUT2D eigenvalue weighted by molar-refractivity contribution is 5.85. The molecule has 3 aromatic rings. The summed E-state index contributed by atoms with van der Waals surface area (Å²) in [4.78, 5) is 10.9. The van der Waals surface area contributed by atoms with Gasteiger partial charge >= 0.3 is 0 Å². The van der Waals surface area contributed by atoms with Crippen LogP contribution in [0.2, 0.25) is 0 Å². The van der Waals surface area contributed by atoms with Crippen molar-refractivity contribution in [1.29, 1.82) is 0 Å². The van der Waals surface area contributed by atoms with E-state index in [0.29, 0.717) is 0 Å². The van der Waals surface area contributed by atoms with E-state index in [1.807, 2.05) is 13.1 Å². The van der Waals surface area contributed by atoms with Crippen LogP contribution in [-0.4, -0.2) is 44.8 Å². The third kappa shape index (κ3) is 3.84. The minimum atomic E-state index is 0.851. The molecule has 0 amide bonds. The van der Waals surface area contributed by atoms with Crippen molar-refractivity contribution in [2.75, 3.05) is 25.5 Å². The van der Waals surface area contributed by atoms with Gasteiger partial charge in [-0.25, -0.2) is 9.97 Å². The molecule has 2 aromatic heterocycles. The average Bonchev–Trinajstić information content (AvgIpc) is 2.95. The van der Waals surface area contributed by atoms with Crippen molar-refractivity contribution in [2.45, 2.75) is 13.0 Å². The van der Waals surface area contributed by atoms with Gasteiger partial charge in [0.1, 0.15) is 12.1 Å². The number of nitrogens with zero attached hydrogens (tertiary/aromatic N) is 5. The predicted molar refractivity (Wildman–Crippen MR) is 92.2 cm³/mol. The summed E-state index contributed by atoms with van der Waals surface area (Å²) < 4.78 is 1.76. The first kappa shape index (κ1) is 15.4. The van der Waals surface area contributed by atoms with E-state index < -0.39 is 0 Å². The Balaban J connectivity index is 1.47. The molecule has 0 saturated carbocycles. The summed E-state index contributed by atoms with van der Waals surface area (Å²) in [5, 5.41) is 8.58. The lowest BCUT2D eigenvalue weighted by molar-refractivity contribution is 0.325. The topological polar surface area (TPSA) is 58.9 Å².